The van der Waals surface area contributed by atoms with E-state index in [1.165, 1.54) is 218 Å². The van der Waals surface area contributed by atoms with Crippen molar-refractivity contribution in [3.63, 3.8) is 0 Å². The zero-order valence-electron chi connectivity index (χ0n) is 55.1. The molecule has 0 saturated carbocycles. The normalized spacial score (nSPS) is 13.6. The molecule has 0 aliphatic carbocycles. The molecule has 484 valence electrons. The SMILES string of the molecule is CC/C=C\C/C=C\C/C=C\C/C=C\C/C=C\C/C=C\CCCCCCCCCCCCCCC(=O)OC(COC(=O)CCCCCCCCCCCCCCCCCCCCCCCCCCCCCC)COP(=O)([O-])OCC[N+](C)(C)C. The van der Waals surface area contributed by atoms with Crippen molar-refractivity contribution >= 4 is 19.8 Å². The predicted octanol–water partition coefficient (Wildman–Crippen LogP) is 22.1. The number of phosphoric ester groups is 1. The van der Waals surface area contributed by atoms with Gasteiger partial charge in [-0.1, -0.05) is 324 Å². The van der Waals surface area contributed by atoms with Crippen LogP contribution in [0.15, 0.2) is 72.9 Å². The second kappa shape index (κ2) is 63.9. The molecule has 0 rings (SSSR count). The number of carbonyl (C=O) groups is 2. The quantitative estimate of drug-likeness (QED) is 0.0195. The Kier molecular flexibility index (Phi) is 62.0. The maximum absolute atomic E-state index is 12.9. The van der Waals surface area contributed by atoms with Gasteiger partial charge in [0.15, 0.2) is 6.10 Å². The number of unbranched alkanes of at least 4 members (excludes halogenated alkanes) is 39. The van der Waals surface area contributed by atoms with Gasteiger partial charge in [-0.3, -0.25) is 14.2 Å². The Bertz CT molecular complexity index is 1630. The van der Waals surface area contributed by atoms with Crippen LogP contribution in [0, 0.1) is 0 Å². The van der Waals surface area contributed by atoms with Gasteiger partial charge in [0.1, 0.15) is 19.8 Å². The maximum atomic E-state index is 12.9. The fourth-order valence-corrected chi connectivity index (χ4v) is 10.9. The molecule has 0 aliphatic heterocycles. The van der Waals surface area contributed by atoms with Crippen molar-refractivity contribution in [2.45, 2.75) is 335 Å². The number of carbonyl (C=O) groups excluding carboxylic acids is 2. The van der Waals surface area contributed by atoms with Crippen molar-refractivity contribution < 1.29 is 42.1 Å². The molecule has 0 heterocycles. The minimum absolute atomic E-state index is 0.0315. The number of ether oxygens (including phenoxy) is 2. The third-order valence-electron chi connectivity index (χ3n) is 15.5. The van der Waals surface area contributed by atoms with Gasteiger partial charge in [0.05, 0.1) is 27.7 Å². The molecule has 83 heavy (non-hydrogen) atoms. The molecule has 0 aromatic rings. The first kappa shape index (κ1) is 80.5. The standard InChI is InChI=1S/C73H134NO8P/c1-6-8-10-12-14-16-18-20-22-24-26-28-30-32-34-36-37-38-40-42-44-46-48-50-52-54-56-58-60-62-64-66-73(76)82-71(70-81-83(77,78)80-68-67-74(3,4)5)69-79-72(75)65-63-61-59-57-55-53-51-49-47-45-43-41-39-35-33-31-29-27-25-23-21-19-17-15-13-11-9-7-2/h8,10,14,16,20,22,26,28,32,34,37-38,71H,6-7,9,11-13,15,17-19,21,23-25,27,29-31,33,35-36,39-70H2,1-5H3/b10-8-,16-14-,22-20-,28-26-,34-32-,38-37-. The van der Waals surface area contributed by atoms with E-state index in [0.29, 0.717) is 17.4 Å². The Morgan fingerprint density at radius 2 is 0.687 bits per heavy atom. The van der Waals surface area contributed by atoms with Crippen molar-refractivity contribution in [1.29, 1.82) is 0 Å². The van der Waals surface area contributed by atoms with Gasteiger partial charge in [-0.2, -0.15) is 0 Å². The van der Waals surface area contributed by atoms with Gasteiger partial charge in [-0.25, -0.2) is 0 Å². The molecule has 0 aromatic heterocycles. The molecule has 0 N–H and O–H groups in total. The molecule has 9 nitrogen and oxygen atoms in total. The van der Waals surface area contributed by atoms with Gasteiger partial charge in [0.2, 0.25) is 0 Å². The number of hydrogen-bond acceptors (Lipinski definition) is 8. The van der Waals surface area contributed by atoms with Crippen molar-refractivity contribution in [2.24, 2.45) is 0 Å². The lowest BCUT2D eigenvalue weighted by molar-refractivity contribution is -0.870. The van der Waals surface area contributed by atoms with Gasteiger partial charge >= 0.3 is 11.9 Å². The number of phosphoric acid groups is 1. The Morgan fingerprint density at radius 3 is 1.02 bits per heavy atom. The first-order chi connectivity index (χ1) is 40.5. The monoisotopic (exact) mass is 1180 g/mol. The summed E-state index contributed by atoms with van der Waals surface area (Å²) < 4.78 is 34.3. The Balaban J connectivity index is 4.04. The van der Waals surface area contributed by atoms with Gasteiger partial charge in [0.25, 0.3) is 7.82 Å². The highest BCUT2D eigenvalue weighted by molar-refractivity contribution is 7.45. The number of likely N-dealkylation sites (N-methyl/N-ethyl adjacent to an activating group) is 1. The smallest absolute Gasteiger partial charge is 0.306 e. The van der Waals surface area contributed by atoms with E-state index in [0.717, 1.165) is 77.0 Å². The van der Waals surface area contributed by atoms with E-state index < -0.39 is 26.5 Å². The Morgan fingerprint density at radius 1 is 0.386 bits per heavy atom. The average Bonchev–Trinajstić information content (AvgIpc) is 3.49. The van der Waals surface area contributed by atoms with Gasteiger partial charge < -0.3 is 27.9 Å². The highest BCUT2D eigenvalue weighted by Crippen LogP contribution is 2.38. The van der Waals surface area contributed by atoms with Crippen LogP contribution in [-0.4, -0.2) is 70.0 Å². The van der Waals surface area contributed by atoms with Crippen LogP contribution in [0.5, 0.6) is 0 Å². The summed E-state index contributed by atoms with van der Waals surface area (Å²) >= 11 is 0. The Labute approximate surface area is 514 Å². The van der Waals surface area contributed by atoms with E-state index in [1.807, 2.05) is 21.1 Å². The average molecular weight is 1180 g/mol. The summed E-state index contributed by atoms with van der Waals surface area (Å²) in [4.78, 5) is 38.1. The summed E-state index contributed by atoms with van der Waals surface area (Å²) in [5, 5.41) is 0. The van der Waals surface area contributed by atoms with Crippen LogP contribution < -0.4 is 4.89 Å². The molecule has 0 aliphatic rings. The lowest BCUT2D eigenvalue weighted by Gasteiger charge is -2.28. The highest BCUT2D eigenvalue weighted by Gasteiger charge is 2.22. The van der Waals surface area contributed by atoms with Crippen LogP contribution in [0.25, 0.3) is 0 Å². The predicted molar refractivity (Wildman–Crippen MR) is 356 cm³/mol. The molecule has 2 unspecified atom stereocenters. The first-order valence-electron chi connectivity index (χ1n) is 35.1. The summed E-state index contributed by atoms with van der Waals surface area (Å²) in [5.41, 5.74) is 0. The van der Waals surface area contributed by atoms with Gasteiger partial charge in [-0.15, -0.1) is 0 Å². The van der Waals surface area contributed by atoms with E-state index in [-0.39, 0.29) is 32.0 Å². The molecular weight excluding hydrogens is 1050 g/mol. The van der Waals surface area contributed by atoms with Crippen LogP contribution in [0.3, 0.4) is 0 Å². The highest BCUT2D eigenvalue weighted by atomic mass is 31.2. The number of hydrogen-bond donors (Lipinski definition) is 0. The van der Waals surface area contributed by atoms with E-state index in [4.69, 9.17) is 18.5 Å². The van der Waals surface area contributed by atoms with E-state index in [1.54, 1.807) is 0 Å². The number of rotatable bonds is 65. The molecule has 0 amide bonds. The summed E-state index contributed by atoms with van der Waals surface area (Å²) in [6.07, 6.45) is 85.5. The molecule has 0 radical (unpaired) electrons. The molecule has 0 saturated heterocycles. The van der Waals surface area contributed by atoms with Crippen LogP contribution in [0.4, 0.5) is 0 Å². The van der Waals surface area contributed by atoms with Crippen molar-refractivity contribution in [3.05, 3.63) is 72.9 Å². The molecule has 10 heteroatoms. The van der Waals surface area contributed by atoms with E-state index in [9.17, 15) is 19.0 Å². The van der Waals surface area contributed by atoms with Crippen molar-refractivity contribution in [3.8, 4) is 0 Å². The summed E-state index contributed by atoms with van der Waals surface area (Å²) in [7, 11) is 1.17. The molecule has 0 aromatic carbocycles. The largest absolute Gasteiger partial charge is 0.756 e. The van der Waals surface area contributed by atoms with Crippen molar-refractivity contribution in [1.82, 2.24) is 0 Å². The van der Waals surface area contributed by atoms with Crippen LogP contribution >= 0.6 is 7.82 Å². The molecule has 0 spiro atoms. The summed E-state index contributed by atoms with van der Waals surface area (Å²) in [5.74, 6) is -0.822. The summed E-state index contributed by atoms with van der Waals surface area (Å²) in [6.45, 7) is 4.18. The lowest BCUT2D eigenvalue weighted by Crippen LogP contribution is -2.37. The van der Waals surface area contributed by atoms with Crippen LogP contribution in [0.2, 0.25) is 0 Å². The zero-order valence-corrected chi connectivity index (χ0v) is 56.0. The topological polar surface area (TPSA) is 111 Å². The molecule has 2 atom stereocenters. The van der Waals surface area contributed by atoms with Crippen molar-refractivity contribution in [2.75, 3.05) is 47.5 Å². The third kappa shape index (κ3) is 68.4. The molecule has 0 bridgehead atoms. The second-order valence-corrected chi connectivity index (χ2v) is 26.3. The maximum Gasteiger partial charge on any atom is 0.306 e. The fourth-order valence-electron chi connectivity index (χ4n) is 10.1. The molecule has 0 fully saturated rings. The Hall–Kier alpha value is -2.55. The minimum atomic E-state index is -4.64. The number of esters is 2. The fraction of sp³-hybridized carbons (Fsp3) is 0.808. The minimum Gasteiger partial charge on any atom is -0.756 e. The lowest BCUT2D eigenvalue weighted by atomic mass is 10.0. The number of quaternary nitrogens is 1. The number of nitrogens with zero attached hydrogens (tertiary/aromatic N) is 1. The van der Waals surface area contributed by atoms with E-state index >= 15 is 0 Å². The van der Waals surface area contributed by atoms with E-state index in [2.05, 4.69) is 86.8 Å². The van der Waals surface area contributed by atoms with Crippen LogP contribution in [0.1, 0.15) is 328 Å². The summed E-state index contributed by atoms with van der Waals surface area (Å²) in [6, 6.07) is 0. The zero-order chi connectivity index (χ0) is 60.5. The van der Waals surface area contributed by atoms with Gasteiger partial charge in [-0.05, 0) is 64.2 Å². The molecular formula is C73H134NO8P. The second-order valence-electron chi connectivity index (χ2n) is 24.9. The number of allylic oxidation sites excluding steroid dienone is 12. The third-order valence-corrected chi connectivity index (χ3v) is 16.5. The van der Waals surface area contributed by atoms with Gasteiger partial charge in [0, 0.05) is 12.8 Å². The van der Waals surface area contributed by atoms with Crippen LogP contribution in [-0.2, 0) is 32.7 Å². The first-order valence-corrected chi connectivity index (χ1v) is 36.6.